The molecule has 0 aliphatic carbocycles. The number of hydrogen-bond acceptors (Lipinski definition) is 2. The number of phenols is 1. The van der Waals surface area contributed by atoms with Crippen LogP contribution in [-0.2, 0) is 6.42 Å². The summed E-state index contributed by atoms with van der Waals surface area (Å²) in [5.74, 6) is 1.53. The highest BCUT2D eigenvalue weighted by molar-refractivity contribution is 6.30. The minimum atomic E-state index is 0.258. The van der Waals surface area contributed by atoms with Crippen molar-refractivity contribution in [2.45, 2.75) is 19.8 Å². The monoisotopic (exact) mass is 212 g/mol. The maximum Gasteiger partial charge on any atom is 0.120 e. The molecular formula is C11H15ClNO. The van der Waals surface area contributed by atoms with E-state index in [0.29, 0.717) is 11.6 Å². The average molecular weight is 213 g/mol. The fourth-order valence-corrected chi connectivity index (χ4v) is 1.51. The van der Waals surface area contributed by atoms with Crippen molar-refractivity contribution in [3.63, 3.8) is 0 Å². The third-order valence-corrected chi connectivity index (χ3v) is 2.35. The van der Waals surface area contributed by atoms with Gasteiger partial charge in [0.15, 0.2) is 0 Å². The molecule has 0 bridgehead atoms. The first kappa shape index (κ1) is 11.3. The molecule has 0 amide bonds. The second-order valence-corrected chi connectivity index (χ2v) is 3.88. The van der Waals surface area contributed by atoms with Crippen molar-refractivity contribution >= 4 is 11.6 Å². The number of rotatable bonds is 4. The largest absolute Gasteiger partial charge is 0.508 e. The van der Waals surface area contributed by atoms with Crippen LogP contribution in [0, 0.1) is 5.92 Å². The predicted molar refractivity (Wildman–Crippen MR) is 59.4 cm³/mol. The minimum absolute atomic E-state index is 0.258. The Labute approximate surface area is 89.7 Å². The lowest BCUT2D eigenvalue weighted by Gasteiger charge is -2.10. The third kappa shape index (κ3) is 3.20. The molecule has 2 nitrogen and oxygen atoms in total. The molecule has 0 saturated heterocycles. The van der Waals surface area contributed by atoms with E-state index in [4.69, 9.17) is 17.3 Å². The molecule has 14 heavy (non-hydrogen) atoms. The Kier molecular flexibility index (Phi) is 4.23. The van der Waals surface area contributed by atoms with Gasteiger partial charge in [-0.05, 0) is 43.0 Å². The zero-order valence-corrected chi connectivity index (χ0v) is 9.01. The average Bonchev–Trinajstić information content (AvgIpc) is 2.10. The predicted octanol–water partition coefficient (Wildman–Crippen LogP) is 2.53. The lowest BCUT2D eigenvalue weighted by Crippen LogP contribution is -2.06. The molecule has 1 aromatic carbocycles. The number of hydrogen-bond donors (Lipinski definition) is 2. The summed E-state index contributed by atoms with van der Waals surface area (Å²) in [4.78, 5) is 0. The van der Waals surface area contributed by atoms with Crippen LogP contribution in [0.1, 0.15) is 18.9 Å². The van der Waals surface area contributed by atoms with Gasteiger partial charge in [0.1, 0.15) is 5.75 Å². The van der Waals surface area contributed by atoms with Gasteiger partial charge in [0.05, 0.1) is 0 Å². The van der Waals surface area contributed by atoms with E-state index in [9.17, 15) is 5.11 Å². The molecule has 0 aliphatic heterocycles. The number of aromatic hydroxyl groups is 1. The molecule has 3 heteroatoms. The van der Waals surface area contributed by atoms with Crippen molar-refractivity contribution in [3.8, 4) is 5.75 Å². The van der Waals surface area contributed by atoms with Gasteiger partial charge in [0, 0.05) is 5.02 Å². The van der Waals surface area contributed by atoms with Crippen LogP contribution in [0.15, 0.2) is 18.2 Å². The molecule has 0 aliphatic rings. The summed E-state index contributed by atoms with van der Waals surface area (Å²) < 4.78 is 0. The molecule has 3 N–H and O–H groups in total. The highest BCUT2D eigenvalue weighted by Gasteiger charge is 2.07. The lowest BCUT2D eigenvalue weighted by atomic mass is 9.97. The zero-order chi connectivity index (χ0) is 10.6. The van der Waals surface area contributed by atoms with Crippen molar-refractivity contribution in [1.29, 1.82) is 0 Å². The number of nitrogens with two attached hydrogens (primary N) is 1. The molecule has 0 aromatic heterocycles. The third-order valence-electron chi connectivity index (χ3n) is 2.11. The Hall–Kier alpha value is -0.730. The summed E-state index contributed by atoms with van der Waals surface area (Å²) >= 11 is 5.73. The van der Waals surface area contributed by atoms with E-state index in [1.165, 1.54) is 5.92 Å². The molecule has 1 radical (unpaired) electrons. The van der Waals surface area contributed by atoms with Crippen LogP contribution in [-0.4, -0.2) is 11.7 Å². The Morgan fingerprint density at radius 1 is 1.50 bits per heavy atom. The maximum absolute atomic E-state index is 9.58. The fraction of sp³-hybridized carbons (Fsp3) is 0.364. The Balaban J connectivity index is 2.67. The summed E-state index contributed by atoms with van der Waals surface area (Å²) in [7, 11) is 0. The van der Waals surface area contributed by atoms with Crippen LogP contribution < -0.4 is 5.73 Å². The molecule has 0 atom stereocenters. The Bertz CT molecular complexity index is 301. The van der Waals surface area contributed by atoms with Gasteiger partial charge < -0.3 is 10.8 Å². The fourth-order valence-electron chi connectivity index (χ4n) is 1.35. The number of phenolic OH excluding ortho intramolecular Hbond substituents is 1. The quantitative estimate of drug-likeness (QED) is 0.806. The SMILES string of the molecule is C[C](CCN)Cc1ccc(Cl)cc1O. The molecule has 1 rings (SSSR count). The molecule has 0 fully saturated rings. The first-order valence-corrected chi connectivity index (χ1v) is 5.00. The Morgan fingerprint density at radius 3 is 2.79 bits per heavy atom. The van der Waals surface area contributed by atoms with Gasteiger partial charge >= 0.3 is 0 Å². The summed E-state index contributed by atoms with van der Waals surface area (Å²) in [6.45, 7) is 2.70. The van der Waals surface area contributed by atoms with Gasteiger partial charge in [-0.1, -0.05) is 24.6 Å². The maximum atomic E-state index is 9.58. The highest BCUT2D eigenvalue weighted by Crippen LogP contribution is 2.25. The molecule has 0 spiro atoms. The van der Waals surface area contributed by atoms with Crippen molar-refractivity contribution in [2.24, 2.45) is 5.73 Å². The van der Waals surface area contributed by atoms with Gasteiger partial charge in [-0.3, -0.25) is 0 Å². The van der Waals surface area contributed by atoms with Gasteiger partial charge in [-0.25, -0.2) is 0 Å². The highest BCUT2D eigenvalue weighted by atomic mass is 35.5. The van der Waals surface area contributed by atoms with Crippen molar-refractivity contribution in [3.05, 3.63) is 34.7 Å². The van der Waals surface area contributed by atoms with E-state index >= 15 is 0 Å². The normalized spacial score (nSPS) is 10.9. The molecule has 0 saturated carbocycles. The molecule has 1 aromatic rings. The second kappa shape index (κ2) is 5.23. The van der Waals surface area contributed by atoms with E-state index in [0.717, 1.165) is 18.4 Å². The summed E-state index contributed by atoms with van der Waals surface area (Å²) in [5, 5.41) is 10.1. The van der Waals surface area contributed by atoms with Crippen molar-refractivity contribution in [2.75, 3.05) is 6.54 Å². The molecular weight excluding hydrogens is 198 g/mol. The van der Waals surface area contributed by atoms with E-state index in [2.05, 4.69) is 0 Å². The lowest BCUT2D eigenvalue weighted by molar-refractivity contribution is 0.468. The topological polar surface area (TPSA) is 46.2 Å². The minimum Gasteiger partial charge on any atom is -0.508 e. The first-order chi connectivity index (χ1) is 6.63. The van der Waals surface area contributed by atoms with Crippen LogP contribution in [0.25, 0.3) is 0 Å². The van der Waals surface area contributed by atoms with Crippen molar-refractivity contribution < 1.29 is 5.11 Å². The number of benzene rings is 1. The molecule has 0 heterocycles. The van der Waals surface area contributed by atoms with Gasteiger partial charge in [-0.2, -0.15) is 0 Å². The molecule has 77 valence electrons. The number of halogens is 1. The van der Waals surface area contributed by atoms with Crippen LogP contribution >= 0.6 is 11.6 Å². The van der Waals surface area contributed by atoms with Crippen LogP contribution in [0.2, 0.25) is 5.02 Å². The summed E-state index contributed by atoms with van der Waals surface area (Å²) in [6.07, 6.45) is 1.66. The first-order valence-electron chi connectivity index (χ1n) is 4.62. The van der Waals surface area contributed by atoms with E-state index in [-0.39, 0.29) is 5.75 Å². The van der Waals surface area contributed by atoms with Crippen LogP contribution in [0.4, 0.5) is 0 Å². The van der Waals surface area contributed by atoms with Gasteiger partial charge in [0.2, 0.25) is 0 Å². The standard InChI is InChI=1S/C11H15ClNO/c1-8(4-5-13)6-9-2-3-10(12)7-11(9)14/h2-3,7,14H,4-6,13H2,1H3. The van der Waals surface area contributed by atoms with Crippen molar-refractivity contribution in [1.82, 2.24) is 0 Å². The van der Waals surface area contributed by atoms with Gasteiger partial charge in [-0.15, -0.1) is 0 Å². The molecule has 0 unspecified atom stereocenters. The van der Waals surface area contributed by atoms with Crippen LogP contribution in [0.5, 0.6) is 5.75 Å². The summed E-state index contributed by atoms with van der Waals surface area (Å²) in [5.41, 5.74) is 6.34. The van der Waals surface area contributed by atoms with Crippen LogP contribution in [0.3, 0.4) is 0 Å². The zero-order valence-electron chi connectivity index (χ0n) is 8.26. The smallest absolute Gasteiger partial charge is 0.120 e. The van der Waals surface area contributed by atoms with E-state index in [1.54, 1.807) is 12.1 Å². The Morgan fingerprint density at radius 2 is 2.21 bits per heavy atom. The van der Waals surface area contributed by atoms with E-state index < -0.39 is 0 Å². The van der Waals surface area contributed by atoms with Gasteiger partial charge in [0.25, 0.3) is 0 Å². The summed E-state index contributed by atoms with van der Waals surface area (Å²) in [6, 6.07) is 5.19. The van der Waals surface area contributed by atoms with E-state index in [1.807, 2.05) is 13.0 Å². The second-order valence-electron chi connectivity index (χ2n) is 3.45.